The number of ether oxygens (including phenoxy) is 1. The fraction of sp³-hybridized carbons (Fsp3) is 0.214. The van der Waals surface area contributed by atoms with E-state index in [0.29, 0.717) is 0 Å². The minimum Gasteiger partial charge on any atom is -0.463 e. The van der Waals surface area contributed by atoms with Crippen LogP contribution in [-0.2, 0) is 39.1 Å². The van der Waals surface area contributed by atoms with Gasteiger partial charge in [-0.3, -0.25) is 4.79 Å². The molecule has 0 saturated carbocycles. The lowest BCUT2D eigenvalue weighted by Crippen LogP contribution is -2.30. The van der Waals surface area contributed by atoms with Crippen LogP contribution in [0.2, 0.25) is 0 Å². The molecule has 186 valence electrons. The number of carbonyl (C=O) groups excluding carboxylic acids is 1. The molecule has 4 aromatic rings. The van der Waals surface area contributed by atoms with Gasteiger partial charge in [-0.05, 0) is 42.7 Å². The van der Waals surface area contributed by atoms with Crippen LogP contribution in [0.25, 0.3) is 10.6 Å². The van der Waals surface area contributed by atoms with E-state index in [1.165, 1.54) is 4.31 Å². The molecule has 0 amide bonds. The van der Waals surface area contributed by atoms with Crippen molar-refractivity contribution >= 4 is 27.3 Å². The van der Waals surface area contributed by atoms with Gasteiger partial charge in [0.25, 0.3) is 0 Å². The highest BCUT2D eigenvalue weighted by Crippen LogP contribution is 2.25. The number of carbonyl (C=O) groups is 1. The molecule has 1 aromatic heterocycles. The highest BCUT2D eigenvalue weighted by molar-refractivity contribution is 7.89. The Kier molecular flexibility index (Phi) is 8.30. The minimum atomic E-state index is -3.77. The fourth-order valence-corrected chi connectivity index (χ4v) is 5.88. The molecule has 0 radical (unpaired) electrons. The number of nitrogens with zero attached hydrogens (tertiary/aromatic N) is 2. The maximum Gasteiger partial charge on any atom is 0.310 e. The quantitative estimate of drug-likeness (QED) is 0.251. The Labute approximate surface area is 216 Å². The van der Waals surface area contributed by atoms with Gasteiger partial charge in [-0.1, -0.05) is 66.7 Å². The highest BCUT2D eigenvalue weighted by Gasteiger charge is 2.25. The van der Waals surface area contributed by atoms with Crippen molar-refractivity contribution in [3.8, 4) is 10.6 Å². The Bertz CT molecular complexity index is 1390. The first kappa shape index (κ1) is 25.8. The third-order valence-electron chi connectivity index (χ3n) is 5.44. The van der Waals surface area contributed by atoms with E-state index in [1.807, 2.05) is 67.8 Å². The second-order valence-electron chi connectivity index (χ2n) is 8.66. The van der Waals surface area contributed by atoms with Gasteiger partial charge in [0.05, 0.1) is 17.4 Å². The number of benzene rings is 3. The Hall–Kier alpha value is -3.33. The molecule has 0 fully saturated rings. The predicted octanol–water partition coefficient (Wildman–Crippen LogP) is 5.70. The van der Waals surface area contributed by atoms with Crippen molar-refractivity contribution < 1.29 is 17.9 Å². The largest absolute Gasteiger partial charge is 0.463 e. The van der Waals surface area contributed by atoms with Crippen molar-refractivity contribution in [2.75, 3.05) is 0 Å². The van der Waals surface area contributed by atoms with Crippen molar-refractivity contribution in [2.24, 2.45) is 0 Å². The summed E-state index contributed by atoms with van der Waals surface area (Å²) in [6, 6.07) is 23.6. The molecule has 1 heterocycles. The lowest BCUT2D eigenvalue weighted by Gasteiger charge is -2.23. The van der Waals surface area contributed by atoms with E-state index >= 15 is 0 Å². The van der Waals surface area contributed by atoms with E-state index in [4.69, 9.17) is 4.74 Å². The molecule has 0 atom stereocenters. The topological polar surface area (TPSA) is 76.6 Å². The first-order valence-electron chi connectivity index (χ1n) is 11.6. The van der Waals surface area contributed by atoms with Gasteiger partial charge in [0.1, 0.15) is 5.01 Å². The third-order valence-corrected chi connectivity index (χ3v) is 8.07. The summed E-state index contributed by atoms with van der Waals surface area (Å²) in [5.74, 6) is -0.309. The lowest BCUT2D eigenvalue weighted by molar-refractivity contribution is -0.146. The average molecular weight is 521 g/mol. The van der Waals surface area contributed by atoms with E-state index in [0.717, 1.165) is 27.3 Å². The van der Waals surface area contributed by atoms with Gasteiger partial charge in [-0.25, -0.2) is 13.4 Å². The van der Waals surface area contributed by atoms with Crippen molar-refractivity contribution in [1.29, 1.82) is 0 Å². The Morgan fingerprint density at radius 3 is 2.28 bits per heavy atom. The smallest absolute Gasteiger partial charge is 0.310 e. The van der Waals surface area contributed by atoms with Crippen LogP contribution in [0.1, 0.15) is 30.5 Å². The van der Waals surface area contributed by atoms with Crippen LogP contribution in [-0.4, -0.2) is 29.8 Å². The molecule has 0 spiro atoms. The number of sulfonamides is 1. The van der Waals surface area contributed by atoms with Crippen LogP contribution in [0.3, 0.4) is 0 Å². The molecular formula is C28H28N2O4S2. The Balaban J connectivity index is 1.59. The lowest BCUT2D eigenvalue weighted by atomic mass is 10.1. The summed E-state index contributed by atoms with van der Waals surface area (Å²) in [6.07, 6.45) is 1.71. The Morgan fingerprint density at radius 1 is 0.917 bits per heavy atom. The number of hydrogen-bond acceptors (Lipinski definition) is 6. The second kappa shape index (κ2) is 11.6. The fourth-order valence-electron chi connectivity index (χ4n) is 3.80. The molecule has 0 aliphatic rings. The normalized spacial score (nSPS) is 11.7. The second-order valence-corrected chi connectivity index (χ2v) is 11.5. The first-order valence-corrected chi connectivity index (χ1v) is 13.9. The van der Waals surface area contributed by atoms with Crippen LogP contribution < -0.4 is 0 Å². The van der Waals surface area contributed by atoms with E-state index in [2.05, 4.69) is 4.98 Å². The predicted molar refractivity (Wildman–Crippen MR) is 142 cm³/mol. The minimum absolute atomic E-state index is 0.135. The Morgan fingerprint density at radius 2 is 1.61 bits per heavy atom. The van der Waals surface area contributed by atoms with Gasteiger partial charge in [-0.2, -0.15) is 4.31 Å². The molecule has 3 aromatic carbocycles. The summed E-state index contributed by atoms with van der Waals surface area (Å²) in [5, 5.41) is 2.84. The van der Waals surface area contributed by atoms with Crippen molar-refractivity contribution in [3.63, 3.8) is 0 Å². The third kappa shape index (κ3) is 6.66. The summed E-state index contributed by atoms with van der Waals surface area (Å²) >= 11 is 1.56. The maximum absolute atomic E-state index is 13.6. The summed E-state index contributed by atoms with van der Waals surface area (Å²) in [5.41, 5.74) is 3.44. The zero-order chi connectivity index (χ0) is 25.5. The summed E-state index contributed by atoms with van der Waals surface area (Å²) < 4.78 is 34.0. The number of aromatic nitrogens is 1. The van der Waals surface area contributed by atoms with E-state index in [1.54, 1.807) is 47.9 Å². The highest BCUT2D eigenvalue weighted by atomic mass is 32.2. The van der Waals surface area contributed by atoms with E-state index < -0.39 is 10.0 Å². The van der Waals surface area contributed by atoms with Crippen molar-refractivity contribution in [1.82, 2.24) is 9.29 Å². The molecule has 36 heavy (non-hydrogen) atoms. The number of thiazole rings is 1. The van der Waals surface area contributed by atoms with Gasteiger partial charge < -0.3 is 4.74 Å². The van der Waals surface area contributed by atoms with Crippen molar-refractivity contribution in [3.05, 3.63) is 107 Å². The molecule has 8 heteroatoms. The summed E-state index contributed by atoms with van der Waals surface area (Å²) in [4.78, 5) is 16.7. The van der Waals surface area contributed by atoms with Crippen molar-refractivity contribution in [2.45, 2.75) is 44.4 Å². The van der Waals surface area contributed by atoms with Crippen LogP contribution in [0, 0.1) is 0 Å². The molecule has 0 saturated heterocycles. The molecule has 0 aliphatic carbocycles. The summed E-state index contributed by atoms with van der Waals surface area (Å²) in [7, 11) is -3.77. The molecule has 0 unspecified atom stereocenters. The van der Waals surface area contributed by atoms with E-state index in [-0.39, 0.29) is 36.5 Å². The SMILES string of the molecule is CC(C)OC(=O)Cc1cccc(CN(Cc2ccc(-c3nccs3)cc2)S(=O)(=O)c2ccccc2)c1. The molecule has 6 nitrogen and oxygen atoms in total. The van der Waals surface area contributed by atoms with Gasteiger partial charge in [0.15, 0.2) is 0 Å². The zero-order valence-electron chi connectivity index (χ0n) is 20.2. The number of rotatable bonds is 10. The van der Waals surface area contributed by atoms with Gasteiger partial charge >= 0.3 is 5.97 Å². The first-order chi connectivity index (χ1) is 17.3. The molecule has 0 aliphatic heterocycles. The molecule has 0 N–H and O–H groups in total. The maximum atomic E-state index is 13.6. The van der Waals surface area contributed by atoms with Gasteiger partial charge in [0, 0.05) is 30.2 Å². The van der Waals surface area contributed by atoms with Crippen LogP contribution in [0.15, 0.2) is 95.3 Å². The molecular weight excluding hydrogens is 492 g/mol. The van der Waals surface area contributed by atoms with Crippen LogP contribution in [0.5, 0.6) is 0 Å². The molecule has 4 rings (SSSR count). The number of esters is 1. The van der Waals surface area contributed by atoms with E-state index in [9.17, 15) is 13.2 Å². The molecule has 0 bridgehead atoms. The standard InChI is InChI=1S/C28H28N2O4S2/c1-21(2)34-27(31)18-23-7-6-8-24(17-23)20-30(36(32,33)26-9-4-3-5-10-26)19-22-11-13-25(14-12-22)28-29-15-16-35-28/h3-17,21H,18-20H2,1-2H3. The van der Waals surface area contributed by atoms with Gasteiger partial charge in [0.2, 0.25) is 10.0 Å². The van der Waals surface area contributed by atoms with Crippen LogP contribution in [0.4, 0.5) is 0 Å². The number of hydrogen-bond donors (Lipinski definition) is 0. The zero-order valence-corrected chi connectivity index (χ0v) is 21.8. The van der Waals surface area contributed by atoms with Gasteiger partial charge in [-0.15, -0.1) is 11.3 Å². The summed E-state index contributed by atoms with van der Waals surface area (Å²) in [6.45, 7) is 3.99. The van der Waals surface area contributed by atoms with Crippen LogP contribution >= 0.6 is 11.3 Å². The average Bonchev–Trinajstić information content (AvgIpc) is 3.39. The monoisotopic (exact) mass is 520 g/mol.